The number of aromatic nitrogens is 3. The Morgan fingerprint density at radius 3 is 2.56 bits per heavy atom. The normalized spacial score (nSPS) is 10.8. The number of nitrogens with zero attached hydrogens (tertiary/aromatic N) is 3. The Bertz CT molecular complexity index is 914. The van der Waals surface area contributed by atoms with Gasteiger partial charge in [-0.05, 0) is 56.5 Å². The summed E-state index contributed by atoms with van der Waals surface area (Å²) in [6.45, 7) is 6.40. The second-order valence-corrected chi connectivity index (χ2v) is 6.54. The molecule has 0 aliphatic rings. The van der Waals surface area contributed by atoms with Gasteiger partial charge in [0.2, 0.25) is 0 Å². The fourth-order valence-corrected chi connectivity index (χ4v) is 3.03. The van der Waals surface area contributed by atoms with Crippen LogP contribution >= 0.6 is 0 Å². The van der Waals surface area contributed by atoms with Gasteiger partial charge in [0.25, 0.3) is 0 Å². The van der Waals surface area contributed by atoms with Crippen LogP contribution in [0.25, 0.3) is 16.9 Å². The lowest BCUT2D eigenvalue weighted by Crippen LogP contribution is -2.05. The number of unbranched alkanes of at least 4 members (excludes halogenated alkanes) is 1. The summed E-state index contributed by atoms with van der Waals surface area (Å²) in [6.07, 6.45) is 3.02. The van der Waals surface area contributed by atoms with Crippen LogP contribution in [0.15, 0.2) is 48.5 Å². The van der Waals surface area contributed by atoms with Crippen LogP contribution in [0.1, 0.15) is 48.3 Å². The van der Waals surface area contributed by atoms with Crippen LogP contribution in [0.2, 0.25) is 0 Å². The first-order valence-electron chi connectivity index (χ1n) is 9.43. The molecule has 1 aromatic heterocycles. The summed E-state index contributed by atoms with van der Waals surface area (Å²) in [4.78, 5) is 11.9. The molecule has 27 heavy (non-hydrogen) atoms. The minimum atomic E-state index is -0.305. The molecule has 2 aromatic carbocycles. The SMILES string of the molecule is CCCCc1nnn(-c2cccc(C)c2)c1-c1ccc(C(=O)OCC)cc1. The molecule has 0 saturated heterocycles. The quantitative estimate of drug-likeness (QED) is 0.568. The molecule has 0 aliphatic heterocycles. The molecule has 0 aliphatic carbocycles. The fraction of sp³-hybridized carbons (Fsp3) is 0.318. The number of benzene rings is 2. The highest BCUT2D eigenvalue weighted by Gasteiger charge is 2.17. The molecule has 5 heteroatoms. The molecular formula is C22H25N3O2. The molecule has 5 nitrogen and oxygen atoms in total. The Morgan fingerprint density at radius 1 is 1.11 bits per heavy atom. The smallest absolute Gasteiger partial charge is 0.338 e. The predicted molar refractivity (Wildman–Crippen MR) is 106 cm³/mol. The highest BCUT2D eigenvalue weighted by atomic mass is 16.5. The van der Waals surface area contributed by atoms with Crippen molar-refractivity contribution in [2.45, 2.75) is 40.0 Å². The van der Waals surface area contributed by atoms with Gasteiger partial charge in [-0.3, -0.25) is 0 Å². The number of esters is 1. The second-order valence-electron chi connectivity index (χ2n) is 6.54. The lowest BCUT2D eigenvalue weighted by molar-refractivity contribution is 0.0526. The van der Waals surface area contributed by atoms with Gasteiger partial charge in [0, 0.05) is 5.56 Å². The lowest BCUT2D eigenvalue weighted by atomic mass is 10.0. The van der Waals surface area contributed by atoms with Crippen molar-refractivity contribution in [1.29, 1.82) is 0 Å². The van der Waals surface area contributed by atoms with E-state index in [2.05, 4.69) is 36.3 Å². The summed E-state index contributed by atoms with van der Waals surface area (Å²) in [5, 5.41) is 8.86. The predicted octanol–water partition coefficient (Wildman–Crippen LogP) is 4.76. The van der Waals surface area contributed by atoms with Gasteiger partial charge in [0.05, 0.1) is 29.2 Å². The number of hydrogen-bond donors (Lipinski definition) is 0. The van der Waals surface area contributed by atoms with E-state index in [0.717, 1.165) is 41.9 Å². The van der Waals surface area contributed by atoms with E-state index in [0.29, 0.717) is 12.2 Å². The summed E-state index contributed by atoms with van der Waals surface area (Å²) >= 11 is 0. The van der Waals surface area contributed by atoms with Gasteiger partial charge < -0.3 is 4.74 Å². The van der Waals surface area contributed by atoms with E-state index in [1.165, 1.54) is 5.56 Å². The minimum absolute atomic E-state index is 0.305. The number of ether oxygens (including phenoxy) is 1. The minimum Gasteiger partial charge on any atom is -0.462 e. The molecule has 0 fully saturated rings. The third kappa shape index (κ3) is 4.25. The van der Waals surface area contributed by atoms with Crippen LogP contribution in [0, 0.1) is 6.92 Å². The first kappa shape index (κ1) is 18.8. The Labute approximate surface area is 160 Å². The summed E-state index contributed by atoms with van der Waals surface area (Å²) in [5.74, 6) is -0.305. The monoisotopic (exact) mass is 363 g/mol. The Hall–Kier alpha value is -2.95. The largest absolute Gasteiger partial charge is 0.462 e. The second kappa shape index (κ2) is 8.62. The number of carbonyl (C=O) groups excluding carboxylic acids is 1. The van der Waals surface area contributed by atoms with E-state index < -0.39 is 0 Å². The van der Waals surface area contributed by atoms with Gasteiger partial charge >= 0.3 is 5.97 Å². The van der Waals surface area contributed by atoms with Gasteiger partial charge in [0.15, 0.2) is 0 Å². The summed E-state index contributed by atoms with van der Waals surface area (Å²) in [7, 11) is 0. The van der Waals surface area contributed by atoms with Crippen molar-refractivity contribution in [2.24, 2.45) is 0 Å². The third-order valence-corrected chi connectivity index (χ3v) is 4.42. The molecule has 0 radical (unpaired) electrons. The van der Waals surface area contributed by atoms with Gasteiger partial charge in [-0.2, -0.15) is 0 Å². The Kier molecular flexibility index (Phi) is 6.01. The molecule has 0 saturated carbocycles. The van der Waals surface area contributed by atoms with Crippen LogP contribution in [-0.4, -0.2) is 27.6 Å². The van der Waals surface area contributed by atoms with Crippen LogP contribution in [0.3, 0.4) is 0 Å². The van der Waals surface area contributed by atoms with E-state index in [1.54, 1.807) is 19.1 Å². The van der Waals surface area contributed by atoms with Crippen molar-refractivity contribution in [3.8, 4) is 16.9 Å². The van der Waals surface area contributed by atoms with Crippen molar-refractivity contribution in [2.75, 3.05) is 6.61 Å². The highest BCUT2D eigenvalue weighted by molar-refractivity contribution is 5.90. The molecule has 3 aromatic rings. The summed E-state index contributed by atoms with van der Waals surface area (Å²) in [6, 6.07) is 15.7. The van der Waals surface area contributed by atoms with E-state index in [9.17, 15) is 4.79 Å². The molecule has 0 unspecified atom stereocenters. The number of rotatable bonds is 7. The lowest BCUT2D eigenvalue weighted by Gasteiger charge is -2.10. The van der Waals surface area contributed by atoms with Crippen molar-refractivity contribution in [1.82, 2.24) is 15.0 Å². The summed E-state index contributed by atoms with van der Waals surface area (Å²) in [5.41, 5.74) is 5.63. The maximum Gasteiger partial charge on any atom is 0.338 e. The Morgan fingerprint density at radius 2 is 1.89 bits per heavy atom. The fourth-order valence-electron chi connectivity index (χ4n) is 3.03. The molecular weight excluding hydrogens is 338 g/mol. The maximum absolute atomic E-state index is 11.9. The molecule has 1 heterocycles. The zero-order chi connectivity index (χ0) is 19.2. The highest BCUT2D eigenvalue weighted by Crippen LogP contribution is 2.27. The van der Waals surface area contributed by atoms with E-state index in [4.69, 9.17) is 4.74 Å². The van der Waals surface area contributed by atoms with Crippen molar-refractivity contribution in [3.63, 3.8) is 0 Å². The maximum atomic E-state index is 11.9. The standard InChI is InChI=1S/C22H25N3O2/c1-4-6-10-20-21(17-11-13-18(14-12-17)22(26)27-5-2)25(24-23-20)19-9-7-8-16(3)15-19/h7-9,11-15H,4-6,10H2,1-3H3. The molecule has 3 rings (SSSR count). The number of aryl methyl sites for hydroxylation is 2. The first-order valence-corrected chi connectivity index (χ1v) is 9.43. The average Bonchev–Trinajstić information content (AvgIpc) is 3.10. The average molecular weight is 363 g/mol. The molecule has 0 bridgehead atoms. The third-order valence-electron chi connectivity index (χ3n) is 4.42. The molecule has 0 N–H and O–H groups in total. The summed E-state index contributed by atoms with van der Waals surface area (Å²) < 4.78 is 6.96. The zero-order valence-electron chi connectivity index (χ0n) is 16.1. The van der Waals surface area contributed by atoms with Crippen molar-refractivity contribution >= 4 is 5.97 Å². The van der Waals surface area contributed by atoms with E-state index in [-0.39, 0.29) is 5.97 Å². The molecule has 140 valence electrons. The van der Waals surface area contributed by atoms with Gasteiger partial charge in [-0.1, -0.05) is 42.8 Å². The van der Waals surface area contributed by atoms with Crippen LogP contribution in [0.4, 0.5) is 0 Å². The van der Waals surface area contributed by atoms with Crippen LogP contribution in [-0.2, 0) is 11.2 Å². The molecule has 0 spiro atoms. The van der Waals surface area contributed by atoms with Crippen LogP contribution < -0.4 is 0 Å². The number of carbonyl (C=O) groups is 1. The number of hydrogen-bond acceptors (Lipinski definition) is 4. The topological polar surface area (TPSA) is 57.0 Å². The van der Waals surface area contributed by atoms with E-state index >= 15 is 0 Å². The van der Waals surface area contributed by atoms with E-state index in [1.807, 2.05) is 28.9 Å². The zero-order valence-corrected chi connectivity index (χ0v) is 16.1. The molecule has 0 amide bonds. The Balaban J connectivity index is 2.04. The van der Waals surface area contributed by atoms with Crippen molar-refractivity contribution < 1.29 is 9.53 Å². The first-order chi connectivity index (χ1) is 13.1. The van der Waals surface area contributed by atoms with Gasteiger partial charge in [-0.25, -0.2) is 9.48 Å². The van der Waals surface area contributed by atoms with Gasteiger partial charge in [0.1, 0.15) is 0 Å². The van der Waals surface area contributed by atoms with Gasteiger partial charge in [-0.15, -0.1) is 5.10 Å². The van der Waals surface area contributed by atoms with Crippen LogP contribution in [0.5, 0.6) is 0 Å². The molecule has 0 atom stereocenters. The van der Waals surface area contributed by atoms with Crippen molar-refractivity contribution in [3.05, 3.63) is 65.4 Å².